The summed E-state index contributed by atoms with van der Waals surface area (Å²) < 4.78 is 1.80. The van der Waals surface area contributed by atoms with Gasteiger partial charge in [0.2, 0.25) is 0 Å². The first-order chi connectivity index (χ1) is 14.3. The molecule has 2 amide bonds. The summed E-state index contributed by atoms with van der Waals surface area (Å²) in [7, 11) is 0. The van der Waals surface area contributed by atoms with E-state index in [-0.39, 0.29) is 24.8 Å². The highest BCUT2D eigenvalue weighted by Gasteiger charge is 2.43. The van der Waals surface area contributed by atoms with Gasteiger partial charge in [-0.1, -0.05) is 0 Å². The van der Waals surface area contributed by atoms with E-state index in [1.807, 2.05) is 50.1 Å². The Morgan fingerprint density at radius 1 is 1.27 bits per heavy atom. The SMILES string of the molecule is Cc1nc2ccc(C(=O)N3CCC4(CC3)Cc3cnn(C(C)C)c3C(=O)N4)cc2[nH]1.[HH]. The van der Waals surface area contributed by atoms with Crippen LogP contribution in [-0.4, -0.2) is 55.1 Å². The molecule has 2 aliphatic rings. The number of nitrogens with zero attached hydrogens (tertiary/aromatic N) is 4. The number of aromatic nitrogens is 4. The average Bonchev–Trinajstić information content (AvgIpc) is 3.30. The predicted molar refractivity (Wildman–Crippen MR) is 115 cm³/mol. The number of H-pyrrole nitrogens is 1. The number of likely N-dealkylation sites (tertiary alicyclic amines) is 1. The Bertz CT molecular complexity index is 1160. The highest BCUT2D eigenvalue weighted by Crippen LogP contribution is 2.33. The third-order valence-electron chi connectivity index (χ3n) is 6.34. The van der Waals surface area contributed by atoms with Crippen molar-refractivity contribution in [3.63, 3.8) is 0 Å². The van der Waals surface area contributed by atoms with Crippen molar-refractivity contribution in [2.75, 3.05) is 13.1 Å². The van der Waals surface area contributed by atoms with E-state index in [0.717, 1.165) is 41.7 Å². The first kappa shape index (κ1) is 18.8. The summed E-state index contributed by atoms with van der Waals surface area (Å²) in [6.07, 6.45) is 4.07. The Balaban J connectivity index is 0.00000231. The van der Waals surface area contributed by atoms with Crippen LogP contribution in [0, 0.1) is 6.92 Å². The highest BCUT2D eigenvalue weighted by atomic mass is 16.2. The second kappa shape index (κ2) is 6.68. The van der Waals surface area contributed by atoms with Crippen molar-refractivity contribution < 1.29 is 11.0 Å². The van der Waals surface area contributed by atoms with Crippen molar-refractivity contribution in [1.82, 2.24) is 30.0 Å². The maximum absolute atomic E-state index is 13.1. The third kappa shape index (κ3) is 2.98. The molecule has 1 aromatic carbocycles. The number of piperidine rings is 1. The number of hydrogen-bond acceptors (Lipinski definition) is 4. The van der Waals surface area contributed by atoms with Gasteiger partial charge in [0.1, 0.15) is 11.5 Å². The molecule has 4 heterocycles. The lowest BCUT2D eigenvalue weighted by atomic mass is 9.79. The molecular weight excluding hydrogens is 380 g/mol. The van der Waals surface area contributed by atoms with Crippen molar-refractivity contribution >= 4 is 22.8 Å². The standard InChI is InChI=1S/C22H26N6O2.H2/c1-13(2)28-19-16(12-23-28)11-22(26-20(19)29)6-8-27(9-7-22)21(30)15-4-5-17-18(10-15)25-14(3)24-17;/h4-5,10,12-13H,6-9,11H2,1-3H3,(H,24,25)(H,26,29);1H. The summed E-state index contributed by atoms with van der Waals surface area (Å²) in [6.45, 7) is 7.19. The second-order valence-corrected chi connectivity index (χ2v) is 8.81. The topological polar surface area (TPSA) is 95.9 Å². The third-order valence-corrected chi connectivity index (χ3v) is 6.34. The first-order valence-corrected chi connectivity index (χ1v) is 10.5. The van der Waals surface area contributed by atoms with Gasteiger partial charge in [-0.25, -0.2) is 4.98 Å². The number of amides is 2. The molecule has 1 fully saturated rings. The van der Waals surface area contributed by atoms with E-state index in [4.69, 9.17) is 0 Å². The molecule has 0 aliphatic carbocycles. The number of carbonyl (C=O) groups excluding carboxylic acids is 2. The number of nitrogens with one attached hydrogen (secondary N) is 2. The number of fused-ring (bicyclic) bond motifs is 2. The molecule has 5 rings (SSSR count). The van der Waals surface area contributed by atoms with Crippen LogP contribution in [0.2, 0.25) is 0 Å². The Labute approximate surface area is 176 Å². The minimum Gasteiger partial charge on any atom is -0.345 e. The zero-order chi connectivity index (χ0) is 21.0. The van der Waals surface area contributed by atoms with E-state index in [0.29, 0.717) is 24.3 Å². The summed E-state index contributed by atoms with van der Waals surface area (Å²) >= 11 is 0. The average molecular weight is 409 g/mol. The number of aryl methyl sites for hydroxylation is 1. The molecule has 0 saturated carbocycles. The monoisotopic (exact) mass is 408 g/mol. The number of rotatable bonds is 2. The number of carbonyl (C=O) groups is 2. The molecule has 2 N–H and O–H groups in total. The van der Waals surface area contributed by atoms with Crippen molar-refractivity contribution in [1.29, 1.82) is 0 Å². The van der Waals surface area contributed by atoms with Gasteiger partial charge in [0.25, 0.3) is 11.8 Å². The van der Waals surface area contributed by atoms with E-state index >= 15 is 0 Å². The summed E-state index contributed by atoms with van der Waals surface area (Å²) in [4.78, 5) is 35.4. The van der Waals surface area contributed by atoms with Crippen LogP contribution in [0.3, 0.4) is 0 Å². The van der Waals surface area contributed by atoms with Crippen LogP contribution < -0.4 is 5.32 Å². The van der Waals surface area contributed by atoms with Crippen LogP contribution in [0.15, 0.2) is 24.4 Å². The minimum atomic E-state index is -0.295. The molecule has 0 atom stereocenters. The van der Waals surface area contributed by atoms with E-state index in [9.17, 15) is 9.59 Å². The molecule has 3 aromatic rings. The molecule has 1 spiro atoms. The van der Waals surface area contributed by atoms with Gasteiger partial charge in [-0.3, -0.25) is 14.3 Å². The molecular formula is C22H28N6O2. The van der Waals surface area contributed by atoms with Crippen LogP contribution in [0.5, 0.6) is 0 Å². The van der Waals surface area contributed by atoms with E-state index in [2.05, 4.69) is 20.4 Å². The Morgan fingerprint density at radius 2 is 2.03 bits per heavy atom. The van der Waals surface area contributed by atoms with E-state index in [1.54, 1.807) is 4.68 Å². The maximum Gasteiger partial charge on any atom is 0.270 e. The van der Waals surface area contributed by atoms with Crippen LogP contribution in [0.25, 0.3) is 11.0 Å². The molecule has 158 valence electrons. The van der Waals surface area contributed by atoms with Gasteiger partial charge in [0.05, 0.1) is 17.2 Å². The van der Waals surface area contributed by atoms with Crippen molar-refractivity contribution in [2.24, 2.45) is 0 Å². The fourth-order valence-corrected chi connectivity index (χ4v) is 4.77. The van der Waals surface area contributed by atoms with Crippen molar-refractivity contribution in [3.8, 4) is 0 Å². The van der Waals surface area contributed by atoms with Crippen LogP contribution in [-0.2, 0) is 6.42 Å². The molecule has 8 heteroatoms. The molecule has 30 heavy (non-hydrogen) atoms. The molecule has 1 saturated heterocycles. The van der Waals surface area contributed by atoms with Crippen LogP contribution >= 0.6 is 0 Å². The lowest BCUT2D eigenvalue weighted by Crippen LogP contribution is -2.59. The minimum absolute atomic E-state index is 0. The first-order valence-electron chi connectivity index (χ1n) is 10.5. The zero-order valence-corrected chi connectivity index (χ0v) is 17.5. The fraction of sp³-hybridized carbons (Fsp3) is 0.455. The quantitative estimate of drug-likeness (QED) is 0.681. The smallest absolute Gasteiger partial charge is 0.270 e. The molecule has 0 unspecified atom stereocenters. The molecule has 2 aromatic heterocycles. The Kier molecular flexibility index (Phi) is 4.20. The number of benzene rings is 1. The summed E-state index contributed by atoms with van der Waals surface area (Å²) in [5, 5.41) is 7.66. The predicted octanol–water partition coefficient (Wildman–Crippen LogP) is 2.86. The summed E-state index contributed by atoms with van der Waals surface area (Å²) in [5.74, 6) is 0.805. The number of hydrogen-bond donors (Lipinski definition) is 2. The van der Waals surface area contributed by atoms with E-state index in [1.165, 1.54) is 0 Å². The second-order valence-electron chi connectivity index (χ2n) is 8.81. The Morgan fingerprint density at radius 3 is 2.77 bits per heavy atom. The van der Waals surface area contributed by atoms with Gasteiger partial charge < -0.3 is 15.2 Å². The van der Waals surface area contributed by atoms with Crippen LogP contribution in [0.1, 0.15) is 66.4 Å². The van der Waals surface area contributed by atoms with Gasteiger partial charge in [0, 0.05) is 37.2 Å². The largest absolute Gasteiger partial charge is 0.345 e. The zero-order valence-electron chi connectivity index (χ0n) is 17.5. The van der Waals surface area contributed by atoms with Gasteiger partial charge in [0.15, 0.2) is 0 Å². The molecule has 2 aliphatic heterocycles. The number of aromatic amines is 1. The fourth-order valence-electron chi connectivity index (χ4n) is 4.77. The Hall–Kier alpha value is -3.16. The summed E-state index contributed by atoms with van der Waals surface area (Å²) in [5.41, 5.74) is 3.79. The van der Waals surface area contributed by atoms with Crippen molar-refractivity contribution in [3.05, 3.63) is 47.0 Å². The van der Waals surface area contributed by atoms with Gasteiger partial charge in [-0.15, -0.1) is 0 Å². The highest BCUT2D eigenvalue weighted by molar-refractivity contribution is 5.98. The van der Waals surface area contributed by atoms with Gasteiger partial charge in [-0.2, -0.15) is 5.10 Å². The van der Waals surface area contributed by atoms with Gasteiger partial charge in [-0.05, 0) is 58.2 Å². The van der Waals surface area contributed by atoms with Gasteiger partial charge >= 0.3 is 0 Å². The maximum atomic E-state index is 13.1. The molecule has 0 radical (unpaired) electrons. The molecule has 8 nitrogen and oxygen atoms in total. The molecule has 0 bridgehead atoms. The van der Waals surface area contributed by atoms with E-state index < -0.39 is 0 Å². The summed E-state index contributed by atoms with van der Waals surface area (Å²) in [6, 6.07) is 5.73. The lowest BCUT2D eigenvalue weighted by Gasteiger charge is -2.44. The lowest BCUT2D eigenvalue weighted by molar-refractivity contribution is 0.0603. The number of imidazole rings is 1. The van der Waals surface area contributed by atoms with Crippen molar-refractivity contribution in [2.45, 2.75) is 51.6 Å². The van der Waals surface area contributed by atoms with Crippen LogP contribution in [0.4, 0.5) is 0 Å². The normalized spacial score (nSPS) is 18.1.